The molecule has 1 saturated heterocycles. The van der Waals surface area contributed by atoms with E-state index >= 15 is 0 Å². The molecule has 1 aliphatic rings. The van der Waals surface area contributed by atoms with Crippen molar-refractivity contribution in [2.75, 3.05) is 26.7 Å². The zero-order valence-electron chi connectivity index (χ0n) is 11.1. The van der Waals surface area contributed by atoms with Crippen molar-refractivity contribution in [3.05, 3.63) is 0 Å². The molecule has 0 aliphatic carbocycles. The van der Waals surface area contributed by atoms with Crippen LogP contribution in [0.25, 0.3) is 0 Å². The minimum Gasteiger partial charge on any atom is -0.395 e. The lowest BCUT2D eigenvalue weighted by molar-refractivity contribution is 0.183. The van der Waals surface area contributed by atoms with Crippen LogP contribution < -0.4 is 0 Å². The van der Waals surface area contributed by atoms with Crippen LogP contribution in [0.3, 0.4) is 0 Å². The first kappa shape index (κ1) is 14.9. The molecule has 0 spiro atoms. The van der Waals surface area contributed by atoms with Crippen LogP contribution in [0.1, 0.15) is 27.2 Å². The summed E-state index contributed by atoms with van der Waals surface area (Å²) in [7, 11) is -1.90. The third kappa shape index (κ3) is 3.40. The highest BCUT2D eigenvalue weighted by molar-refractivity contribution is 7.86. The van der Waals surface area contributed by atoms with Crippen molar-refractivity contribution < 1.29 is 13.5 Å². The van der Waals surface area contributed by atoms with Gasteiger partial charge in [-0.25, -0.2) is 0 Å². The van der Waals surface area contributed by atoms with Gasteiger partial charge in [-0.05, 0) is 25.2 Å². The van der Waals surface area contributed by atoms with Crippen molar-refractivity contribution in [1.82, 2.24) is 8.61 Å². The molecule has 0 aromatic rings. The maximum absolute atomic E-state index is 12.3. The minimum absolute atomic E-state index is 0.158. The Morgan fingerprint density at radius 1 is 1.35 bits per heavy atom. The van der Waals surface area contributed by atoms with E-state index in [4.69, 9.17) is 5.11 Å². The average molecular weight is 264 g/mol. The molecular formula is C11H24N2O3S. The summed E-state index contributed by atoms with van der Waals surface area (Å²) in [5.41, 5.74) is 0. The van der Waals surface area contributed by atoms with E-state index in [-0.39, 0.29) is 12.6 Å². The lowest BCUT2D eigenvalue weighted by Gasteiger charge is -2.37. The summed E-state index contributed by atoms with van der Waals surface area (Å²) >= 11 is 0. The Hall–Kier alpha value is -0.170. The fraction of sp³-hybridized carbons (Fsp3) is 1.00. The van der Waals surface area contributed by atoms with Gasteiger partial charge in [-0.15, -0.1) is 0 Å². The Kier molecular flexibility index (Phi) is 4.95. The van der Waals surface area contributed by atoms with Gasteiger partial charge in [0.1, 0.15) is 0 Å². The van der Waals surface area contributed by atoms with Gasteiger partial charge in [-0.2, -0.15) is 17.0 Å². The Morgan fingerprint density at radius 2 is 1.82 bits per heavy atom. The normalized spacial score (nSPS) is 29.5. The molecule has 1 fully saturated rings. The SMILES string of the molecule is CC1CC(C)CN(S(=O)(=O)N(C)C(C)CO)C1. The van der Waals surface area contributed by atoms with Crippen molar-refractivity contribution in [2.45, 2.75) is 33.2 Å². The molecule has 1 aliphatic heterocycles. The van der Waals surface area contributed by atoms with Gasteiger partial charge < -0.3 is 5.11 Å². The van der Waals surface area contributed by atoms with Crippen LogP contribution in [0.2, 0.25) is 0 Å². The molecular weight excluding hydrogens is 240 g/mol. The lowest BCUT2D eigenvalue weighted by Crippen LogP contribution is -2.51. The highest BCUT2D eigenvalue weighted by atomic mass is 32.2. The summed E-state index contributed by atoms with van der Waals surface area (Å²) in [5.74, 6) is 0.790. The van der Waals surface area contributed by atoms with Gasteiger partial charge >= 0.3 is 0 Å². The second-order valence-corrected chi connectivity index (χ2v) is 7.31. The maximum Gasteiger partial charge on any atom is 0.282 e. The molecule has 3 unspecified atom stereocenters. The third-order valence-electron chi connectivity index (χ3n) is 3.41. The van der Waals surface area contributed by atoms with Gasteiger partial charge in [0.2, 0.25) is 0 Å². The van der Waals surface area contributed by atoms with E-state index < -0.39 is 10.2 Å². The van der Waals surface area contributed by atoms with E-state index in [1.807, 2.05) is 0 Å². The van der Waals surface area contributed by atoms with Crippen LogP contribution in [-0.4, -0.2) is 54.9 Å². The van der Waals surface area contributed by atoms with Crippen molar-refractivity contribution in [3.63, 3.8) is 0 Å². The first-order chi connectivity index (χ1) is 7.78. The van der Waals surface area contributed by atoms with E-state index in [9.17, 15) is 8.42 Å². The fourth-order valence-electron chi connectivity index (χ4n) is 2.32. The van der Waals surface area contributed by atoms with E-state index in [0.29, 0.717) is 24.9 Å². The molecule has 0 aromatic carbocycles. The summed E-state index contributed by atoms with van der Waals surface area (Å²) in [4.78, 5) is 0. The average Bonchev–Trinajstić information content (AvgIpc) is 2.25. The summed E-state index contributed by atoms with van der Waals surface area (Å²) in [5, 5.41) is 9.05. The highest BCUT2D eigenvalue weighted by Gasteiger charge is 2.34. The van der Waals surface area contributed by atoms with Gasteiger partial charge in [-0.3, -0.25) is 0 Å². The second kappa shape index (κ2) is 5.65. The Labute approximate surface area is 105 Å². The lowest BCUT2D eigenvalue weighted by atomic mass is 9.94. The number of nitrogens with zero attached hydrogens (tertiary/aromatic N) is 2. The first-order valence-electron chi connectivity index (χ1n) is 6.13. The van der Waals surface area contributed by atoms with E-state index in [1.165, 1.54) is 15.7 Å². The fourth-order valence-corrected chi connectivity index (χ4v) is 4.09. The molecule has 1 heterocycles. The highest BCUT2D eigenvalue weighted by Crippen LogP contribution is 2.24. The van der Waals surface area contributed by atoms with E-state index in [2.05, 4.69) is 13.8 Å². The quantitative estimate of drug-likeness (QED) is 0.805. The third-order valence-corrected chi connectivity index (χ3v) is 5.45. The van der Waals surface area contributed by atoms with Crippen molar-refractivity contribution in [3.8, 4) is 0 Å². The molecule has 5 nitrogen and oxygen atoms in total. The molecule has 0 bridgehead atoms. The van der Waals surface area contributed by atoms with Gasteiger partial charge in [-0.1, -0.05) is 13.8 Å². The van der Waals surface area contributed by atoms with Gasteiger partial charge in [0.25, 0.3) is 10.2 Å². The van der Waals surface area contributed by atoms with Gasteiger partial charge in [0.15, 0.2) is 0 Å². The number of aliphatic hydroxyl groups is 1. The standard InChI is InChI=1S/C11H24N2O3S/c1-9-5-10(2)7-13(6-9)17(15,16)12(4)11(3)8-14/h9-11,14H,5-8H2,1-4H3. The number of likely N-dealkylation sites (N-methyl/N-ethyl adjacent to an activating group) is 1. The number of aliphatic hydroxyl groups excluding tert-OH is 1. The van der Waals surface area contributed by atoms with Crippen LogP contribution in [0.5, 0.6) is 0 Å². The molecule has 0 aromatic heterocycles. The van der Waals surface area contributed by atoms with Crippen LogP contribution >= 0.6 is 0 Å². The zero-order valence-corrected chi connectivity index (χ0v) is 11.9. The number of piperidine rings is 1. The largest absolute Gasteiger partial charge is 0.395 e. The predicted molar refractivity (Wildman–Crippen MR) is 67.7 cm³/mol. The van der Waals surface area contributed by atoms with Crippen molar-refractivity contribution >= 4 is 10.2 Å². The minimum atomic E-state index is -3.43. The van der Waals surface area contributed by atoms with E-state index in [1.54, 1.807) is 6.92 Å². The molecule has 3 atom stereocenters. The van der Waals surface area contributed by atoms with Crippen molar-refractivity contribution in [1.29, 1.82) is 0 Å². The molecule has 102 valence electrons. The number of hydrogen-bond donors (Lipinski definition) is 1. The molecule has 17 heavy (non-hydrogen) atoms. The summed E-state index contributed by atoms with van der Waals surface area (Å²) in [6.07, 6.45) is 1.07. The Bertz CT molecular complexity index is 335. The van der Waals surface area contributed by atoms with Crippen LogP contribution in [0.4, 0.5) is 0 Å². The zero-order chi connectivity index (χ0) is 13.2. The van der Waals surface area contributed by atoms with Gasteiger partial charge in [0.05, 0.1) is 6.61 Å². The molecule has 0 amide bonds. The summed E-state index contributed by atoms with van der Waals surface area (Å²) < 4.78 is 27.4. The van der Waals surface area contributed by atoms with Crippen LogP contribution in [-0.2, 0) is 10.2 Å². The number of hydrogen-bond acceptors (Lipinski definition) is 3. The molecule has 1 N–H and O–H groups in total. The molecule has 6 heteroatoms. The van der Waals surface area contributed by atoms with E-state index in [0.717, 1.165) is 6.42 Å². The summed E-state index contributed by atoms with van der Waals surface area (Å²) in [6.45, 7) is 6.86. The molecule has 1 rings (SSSR count). The Morgan fingerprint density at radius 3 is 2.24 bits per heavy atom. The van der Waals surface area contributed by atoms with Crippen molar-refractivity contribution in [2.24, 2.45) is 11.8 Å². The van der Waals surface area contributed by atoms with Crippen LogP contribution in [0, 0.1) is 11.8 Å². The molecule has 0 saturated carbocycles. The smallest absolute Gasteiger partial charge is 0.282 e. The monoisotopic (exact) mass is 264 g/mol. The second-order valence-electron chi connectivity index (χ2n) is 5.32. The topological polar surface area (TPSA) is 60.9 Å². The number of rotatable bonds is 4. The summed E-state index contributed by atoms with van der Waals surface area (Å²) in [6, 6.07) is -0.382. The Balaban J connectivity index is 2.82. The molecule has 0 radical (unpaired) electrons. The first-order valence-corrected chi connectivity index (χ1v) is 7.52. The van der Waals surface area contributed by atoms with Crippen LogP contribution in [0.15, 0.2) is 0 Å². The predicted octanol–water partition coefficient (Wildman–Crippen LogP) is 0.522. The van der Waals surface area contributed by atoms with Gasteiger partial charge in [0, 0.05) is 26.2 Å². The maximum atomic E-state index is 12.3.